The molecule has 0 bridgehead atoms. The summed E-state index contributed by atoms with van der Waals surface area (Å²) in [5, 5.41) is 2.99. The lowest BCUT2D eigenvalue weighted by Gasteiger charge is -2.09. The lowest BCUT2D eigenvalue weighted by atomic mass is 10.1. The average Bonchev–Trinajstić information content (AvgIpc) is 2.98. The van der Waals surface area contributed by atoms with Gasteiger partial charge in [-0.25, -0.2) is 4.98 Å². The van der Waals surface area contributed by atoms with E-state index in [1.54, 1.807) is 4.40 Å². The molecule has 3 aromatic rings. The number of nitrogens with one attached hydrogen (secondary N) is 1. The van der Waals surface area contributed by atoms with E-state index in [0.717, 1.165) is 16.9 Å². The Kier molecular flexibility index (Phi) is 4.74. The molecule has 0 aliphatic heterocycles. The topological polar surface area (TPSA) is 55.6 Å². The maximum Gasteiger partial charge on any atom is 0.274 e. The lowest BCUT2D eigenvalue weighted by molar-refractivity contribution is 0.102. The van der Waals surface area contributed by atoms with Gasteiger partial charge in [-0.15, -0.1) is 0 Å². The predicted octanol–water partition coefficient (Wildman–Crippen LogP) is 4.16. The van der Waals surface area contributed by atoms with Gasteiger partial charge < -0.3 is 10.1 Å². The van der Waals surface area contributed by atoms with Gasteiger partial charge >= 0.3 is 0 Å². The van der Waals surface area contributed by atoms with Crippen molar-refractivity contribution in [3.8, 4) is 5.75 Å². The van der Waals surface area contributed by atoms with E-state index in [2.05, 4.69) is 17.2 Å². The summed E-state index contributed by atoms with van der Waals surface area (Å²) in [4.78, 5) is 17.5. The predicted molar refractivity (Wildman–Crippen MR) is 99.6 cm³/mol. The van der Waals surface area contributed by atoms with Crippen molar-refractivity contribution in [1.82, 2.24) is 9.38 Å². The molecule has 0 fully saturated rings. The Hall–Kier alpha value is -2.82. The van der Waals surface area contributed by atoms with E-state index in [1.165, 1.54) is 5.56 Å². The molecule has 3 rings (SSSR count). The molecule has 25 heavy (non-hydrogen) atoms. The van der Waals surface area contributed by atoms with Crippen LogP contribution in [0.25, 0.3) is 5.65 Å². The zero-order valence-corrected chi connectivity index (χ0v) is 15.1. The fraction of sp³-hybridized carbons (Fsp3) is 0.300. The van der Waals surface area contributed by atoms with E-state index < -0.39 is 0 Å². The lowest BCUT2D eigenvalue weighted by Crippen LogP contribution is -2.16. The van der Waals surface area contributed by atoms with Crippen LogP contribution in [0.3, 0.4) is 0 Å². The number of carbonyl (C=O) groups is 1. The SMILES string of the molecule is CCOc1cccn2c(C(=O)Nc3ccc(C)c(C)c3)c(CC)nc12. The zero-order valence-electron chi connectivity index (χ0n) is 15.1. The van der Waals surface area contributed by atoms with Crippen molar-refractivity contribution in [2.45, 2.75) is 34.1 Å². The average molecular weight is 337 g/mol. The highest BCUT2D eigenvalue weighted by atomic mass is 16.5. The van der Waals surface area contributed by atoms with Gasteiger partial charge in [0.2, 0.25) is 0 Å². The van der Waals surface area contributed by atoms with Gasteiger partial charge in [0.25, 0.3) is 5.91 Å². The molecule has 1 amide bonds. The van der Waals surface area contributed by atoms with Crippen LogP contribution < -0.4 is 10.1 Å². The Morgan fingerprint density at radius 3 is 2.68 bits per heavy atom. The van der Waals surface area contributed by atoms with Crippen LogP contribution in [-0.2, 0) is 6.42 Å². The minimum Gasteiger partial charge on any atom is -0.490 e. The molecule has 0 aliphatic rings. The highest BCUT2D eigenvalue weighted by molar-refractivity contribution is 6.04. The third-order valence-electron chi connectivity index (χ3n) is 4.30. The number of nitrogens with zero attached hydrogens (tertiary/aromatic N) is 2. The van der Waals surface area contributed by atoms with Gasteiger partial charge in [0.15, 0.2) is 11.4 Å². The van der Waals surface area contributed by atoms with Gasteiger partial charge in [0.05, 0.1) is 12.3 Å². The van der Waals surface area contributed by atoms with E-state index in [-0.39, 0.29) is 5.91 Å². The first-order valence-electron chi connectivity index (χ1n) is 8.56. The molecule has 1 aromatic carbocycles. The van der Waals surface area contributed by atoms with Crippen molar-refractivity contribution < 1.29 is 9.53 Å². The highest BCUT2D eigenvalue weighted by Gasteiger charge is 2.20. The summed E-state index contributed by atoms with van der Waals surface area (Å²) < 4.78 is 7.45. The van der Waals surface area contributed by atoms with Crippen molar-refractivity contribution in [3.63, 3.8) is 0 Å². The summed E-state index contributed by atoms with van der Waals surface area (Å²) >= 11 is 0. The van der Waals surface area contributed by atoms with E-state index in [9.17, 15) is 4.79 Å². The van der Waals surface area contributed by atoms with E-state index in [4.69, 9.17) is 4.74 Å². The van der Waals surface area contributed by atoms with Crippen molar-refractivity contribution in [2.75, 3.05) is 11.9 Å². The number of anilines is 1. The summed E-state index contributed by atoms with van der Waals surface area (Å²) in [7, 11) is 0. The standard InChI is InChI=1S/C20H23N3O2/c1-5-16-18(20(24)21-15-10-9-13(3)14(4)12-15)23-11-7-8-17(25-6-2)19(23)22-16/h7-12H,5-6H2,1-4H3,(H,21,24). The van der Waals surface area contributed by atoms with Gasteiger partial charge in [-0.05, 0) is 62.6 Å². The van der Waals surface area contributed by atoms with Gasteiger partial charge in [-0.2, -0.15) is 0 Å². The number of hydrogen-bond donors (Lipinski definition) is 1. The molecule has 0 saturated carbocycles. The Morgan fingerprint density at radius 1 is 1.20 bits per heavy atom. The maximum atomic E-state index is 12.9. The molecule has 5 heteroatoms. The number of imidazole rings is 1. The largest absolute Gasteiger partial charge is 0.490 e. The number of aromatic nitrogens is 2. The molecule has 1 N–H and O–H groups in total. The first-order valence-corrected chi connectivity index (χ1v) is 8.56. The third-order valence-corrected chi connectivity index (χ3v) is 4.30. The molecule has 0 saturated heterocycles. The molecule has 2 aromatic heterocycles. The summed E-state index contributed by atoms with van der Waals surface area (Å²) in [6, 6.07) is 9.64. The number of benzene rings is 1. The van der Waals surface area contributed by atoms with Crippen molar-refractivity contribution in [1.29, 1.82) is 0 Å². The van der Waals surface area contributed by atoms with Gasteiger partial charge in [-0.1, -0.05) is 13.0 Å². The molecular formula is C20H23N3O2. The normalized spacial score (nSPS) is 10.9. The first-order chi connectivity index (χ1) is 12.0. The zero-order chi connectivity index (χ0) is 18.0. The first kappa shape index (κ1) is 17.0. The molecule has 0 atom stereocenters. The highest BCUT2D eigenvalue weighted by Crippen LogP contribution is 2.24. The van der Waals surface area contributed by atoms with Crippen molar-refractivity contribution >= 4 is 17.2 Å². The van der Waals surface area contributed by atoms with Crippen LogP contribution in [0.2, 0.25) is 0 Å². The molecule has 0 unspecified atom stereocenters. The van der Waals surface area contributed by atoms with E-state index in [0.29, 0.717) is 30.1 Å². The molecule has 5 nitrogen and oxygen atoms in total. The van der Waals surface area contributed by atoms with Crippen LogP contribution >= 0.6 is 0 Å². The molecule has 2 heterocycles. The molecule has 0 aliphatic carbocycles. The minimum atomic E-state index is -0.166. The quantitative estimate of drug-likeness (QED) is 0.760. The Bertz CT molecular complexity index is 928. The van der Waals surface area contributed by atoms with Crippen LogP contribution in [0.15, 0.2) is 36.5 Å². The second-order valence-corrected chi connectivity index (χ2v) is 6.01. The van der Waals surface area contributed by atoms with Gasteiger partial charge in [0, 0.05) is 11.9 Å². The Morgan fingerprint density at radius 2 is 2.00 bits per heavy atom. The summed E-state index contributed by atoms with van der Waals surface area (Å²) in [5.41, 5.74) is 5.11. The molecule has 0 spiro atoms. The number of amides is 1. The van der Waals surface area contributed by atoms with Crippen LogP contribution in [0.4, 0.5) is 5.69 Å². The minimum absolute atomic E-state index is 0.166. The number of carbonyl (C=O) groups excluding carboxylic acids is 1. The number of hydrogen-bond acceptors (Lipinski definition) is 3. The fourth-order valence-electron chi connectivity index (χ4n) is 2.85. The fourth-order valence-corrected chi connectivity index (χ4v) is 2.85. The molecule has 0 radical (unpaired) electrons. The van der Waals surface area contributed by atoms with Gasteiger partial charge in [-0.3, -0.25) is 9.20 Å². The van der Waals surface area contributed by atoms with E-state index in [1.807, 2.05) is 57.3 Å². The second kappa shape index (κ2) is 6.97. The Balaban J connectivity index is 2.02. The smallest absolute Gasteiger partial charge is 0.274 e. The van der Waals surface area contributed by atoms with Crippen LogP contribution in [0.1, 0.15) is 41.2 Å². The van der Waals surface area contributed by atoms with Crippen LogP contribution in [0, 0.1) is 13.8 Å². The van der Waals surface area contributed by atoms with Crippen molar-refractivity contribution in [3.05, 3.63) is 59.0 Å². The Labute approximate surface area is 147 Å². The summed E-state index contributed by atoms with van der Waals surface area (Å²) in [6.45, 7) is 8.56. The van der Waals surface area contributed by atoms with Crippen molar-refractivity contribution in [2.24, 2.45) is 0 Å². The third kappa shape index (κ3) is 3.22. The monoisotopic (exact) mass is 337 g/mol. The maximum absolute atomic E-state index is 12.9. The van der Waals surface area contributed by atoms with Gasteiger partial charge in [0.1, 0.15) is 5.69 Å². The van der Waals surface area contributed by atoms with E-state index >= 15 is 0 Å². The van der Waals surface area contributed by atoms with Crippen LogP contribution in [-0.4, -0.2) is 21.9 Å². The summed E-state index contributed by atoms with van der Waals surface area (Å²) in [5.74, 6) is 0.520. The number of pyridine rings is 1. The van der Waals surface area contributed by atoms with Crippen LogP contribution in [0.5, 0.6) is 5.75 Å². The molecule has 130 valence electrons. The number of fused-ring (bicyclic) bond motifs is 1. The molecular weight excluding hydrogens is 314 g/mol. The second-order valence-electron chi connectivity index (χ2n) is 6.01. The number of ether oxygens (including phenoxy) is 1. The number of rotatable bonds is 5. The number of aryl methyl sites for hydroxylation is 3. The summed E-state index contributed by atoms with van der Waals surface area (Å²) in [6.07, 6.45) is 2.52.